The Hall–Kier alpha value is -2.70. The number of carbonyl (C=O) groups is 1. The maximum atomic E-state index is 12.4. The van der Waals surface area contributed by atoms with E-state index in [0.717, 1.165) is 27.4 Å². The van der Waals surface area contributed by atoms with Gasteiger partial charge >= 0.3 is 0 Å². The number of rotatable bonds is 7. The Labute approximate surface area is 168 Å². The first kappa shape index (κ1) is 18.7. The Bertz CT molecular complexity index is 1070. The van der Waals surface area contributed by atoms with E-state index in [9.17, 15) is 4.79 Å². The minimum atomic E-state index is 0.0744. The number of para-hydroxylation sites is 2. The molecule has 4 rings (SSSR count). The number of benzene rings is 2. The molecule has 0 bridgehead atoms. The van der Waals surface area contributed by atoms with E-state index in [4.69, 9.17) is 4.98 Å². The monoisotopic (exact) mass is 393 g/mol. The third-order valence-corrected chi connectivity index (χ3v) is 6.47. The lowest BCUT2D eigenvalue weighted by atomic mass is 10.1. The highest BCUT2D eigenvalue weighted by atomic mass is 32.1. The van der Waals surface area contributed by atoms with Gasteiger partial charge in [0.2, 0.25) is 0 Å². The van der Waals surface area contributed by atoms with Crippen LogP contribution in [-0.2, 0) is 11.2 Å². The van der Waals surface area contributed by atoms with E-state index >= 15 is 0 Å². The van der Waals surface area contributed by atoms with Gasteiger partial charge in [0.15, 0.2) is 11.6 Å². The zero-order chi connectivity index (χ0) is 19.5. The van der Waals surface area contributed by atoms with E-state index in [2.05, 4.69) is 42.5 Å². The van der Waals surface area contributed by atoms with E-state index in [-0.39, 0.29) is 11.9 Å². The van der Waals surface area contributed by atoms with Crippen LogP contribution >= 0.6 is 11.3 Å². The summed E-state index contributed by atoms with van der Waals surface area (Å²) in [5, 5.41) is 5.36. The molecule has 0 saturated carbocycles. The number of aromatic amines is 1. The van der Waals surface area contributed by atoms with E-state index in [1.807, 2.05) is 36.5 Å². The number of aromatic nitrogens is 2. The first-order valence-corrected chi connectivity index (χ1v) is 10.4. The number of amides is 1. The number of H-pyrrole nitrogens is 1. The molecule has 5 nitrogen and oxygen atoms in total. The Morgan fingerprint density at radius 2 is 2.00 bits per heavy atom. The summed E-state index contributed by atoms with van der Waals surface area (Å²) in [6.07, 6.45) is 2.85. The average molecular weight is 394 g/mol. The third kappa shape index (κ3) is 3.93. The van der Waals surface area contributed by atoms with Crippen molar-refractivity contribution < 1.29 is 9.69 Å². The summed E-state index contributed by atoms with van der Waals surface area (Å²) in [4.78, 5) is 21.5. The summed E-state index contributed by atoms with van der Waals surface area (Å²) in [6.45, 7) is 3.21. The predicted octanol–water partition coefficient (Wildman–Crippen LogP) is 2.71. The number of likely N-dealkylation sites (N-methyl/N-ethyl adjacent to an activating group) is 1. The fraction of sp³-hybridized carbons (Fsp3) is 0.273. The molecule has 1 unspecified atom stereocenters. The number of thiazole rings is 1. The molecule has 2 heterocycles. The normalized spacial score (nSPS) is 13.6. The highest BCUT2D eigenvalue weighted by molar-refractivity contribution is 7.18. The van der Waals surface area contributed by atoms with E-state index in [0.29, 0.717) is 13.1 Å². The summed E-state index contributed by atoms with van der Waals surface area (Å²) < 4.78 is 1.19. The molecule has 0 aliphatic carbocycles. The van der Waals surface area contributed by atoms with Crippen LogP contribution in [0.15, 0.2) is 54.7 Å². The van der Waals surface area contributed by atoms with Crippen molar-refractivity contribution in [3.8, 4) is 0 Å². The number of quaternary nitrogens is 1. The van der Waals surface area contributed by atoms with Gasteiger partial charge in [-0.1, -0.05) is 30.3 Å². The largest absolute Gasteiger partial charge is 0.361 e. The van der Waals surface area contributed by atoms with E-state index < -0.39 is 0 Å². The van der Waals surface area contributed by atoms with Crippen LogP contribution in [0.25, 0.3) is 21.1 Å². The molecule has 0 radical (unpaired) electrons. The Morgan fingerprint density at radius 3 is 2.86 bits per heavy atom. The Kier molecular flexibility index (Phi) is 5.41. The molecule has 0 aliphatic rings. The maximum Gasteiger partial charge on any atom is 0.275 e. The van der Waals surface area contributed by atoms with Gasteiger partial charge in [-0.3, -0.25) is 4.79 Å². The molecular weight excluding hydrogens is 368 g/mol. The van der Waals surface area contributed by atoms with Gasteiger partial charge in [-0.25, -0.2) is 4.98 Å². The molecule has 2 atom stereocenters. The van der Waals surface area contributed by atoms with E-state index in [1.54, 1.807) is 11.3 Å². The van der Waals surface area contributed by atoms with Crippen molar-refractivity contribution in [2.75, 3.05) is 20.1 Å². The summed E-state index contributed by atoms with van der Waals surface area (Å²) in [7, 11) is 2.05. The highest BCUT2D eigenvalue weighted by Crippen LogP contribution is 2.24. The van der Waals surface area contributed by atoms with Gasteiger partial charge in [0.1, 0.15) is 6.04 Å². The molecule has 28 heavy (non-hydrogen) atoms. The van der Waals surface area contributed by atoms with Crippen molar-refractivity contribution in [3.63, 3.8) is 0 Å². The smallest absolute Gasteiger partial charge is 0.275 e. The number of hydrogen-bond acceptors (Lipinski definition) is 3. The molecule has 6 heteroatoms. The second-order valence-corrected chi connectivity index (χ2v) is 8.29. The van der Waals surface area contributed by atoms with Crippen LogP contribution in [0.1, 0.15) is 23.5 Å². The molecule has 0 saturated heterocycles. The summed E-state index contributed by atoms with van der Waals surface area (Å²) in [6, 6.07) is 16.6. The van der Waals surface area contributed by atoms with Gasteiger partial charge in [0, 0.05) is 23.6 Å². The second-order valence-electron chi connectivity index (χ2n) is 7.22. The van der Waals surface area contributed by atoms with Crippen molar-refractivity contribution in [1.29, 1.82) is 0 Å². The molecule has 3 N–H and O–H groups in total. The summed E-state index contributed by atoms with van der Waals surface area (Å²) in [5.74, 6) is 0.0744. The lowest BCUT2D eigenvalue weighted by molar-refractivity contribution is -0.902. The van der Waals surface area contributed by atoms with Gasteiger partial charge < -0.3 is 15.2 Å². The van der Waals surface area contributed by atoms with Crippen LogP contribution in [0.2, 0.25) is 0 Å². The number of fused-ring (bicyclic) bond motifs is 2. The lowest BCUT2D eigenvalue weighted by Gasteiger charge is -2.19. The Morgan fingerprint density at radius 1 is 1.21 bits per heavy atom. The van der Waals surface area contributed by atoms with Crippen LogP contribution in [0.3, 0.4) is 0 Å². The number of carbonyl (C=O) groups excluding carboxylic acids is 1. The maximum absolute atomic E-state index is 12.4. The van der Waals surface area contributed by atoms with Gasteiger partial charge in [0.25, 0.3) is 5.91 Å². The number of nitrogens with one attached hydrogen (secondary N) is 3. The highest BCUT2D eigenvalue weighted by Gasteiger charge is 2.21. The molecular formula is C22H25N4OS+. The summed E-state index contributed by atoms with van der Waals surface area (Å²) in [5.41, 5.74) is 3.41. The fourth-order valence-electron chi connectivity index (χ4n) is 3.43. The van der Waals surface area contributed by atoms with Crippen molar-refractivity contribution in [2.24, 2.45) is 0 Å². The predicted molar refractivity (Wildman–Crippen MR) is 115 cm³/mol. The van der Waals surface area contributed by atoms with Gasteiger partial charge in [-0.05, 0) is 37.1 Å². The Balaban J connectivity index is 1.30. The molecule has 4 aromatic rings. The van der Waals surface area contributed by atoms with Crippen LogP contribution in [0, 0.1) is 0 Å². The van der Waals surface area contributed by atoms with Gasteiger partial charge in [-0.2, -0.15) is 0 Å². The topological polar surface area (TPSA) is 62.2 Å². The average Bonchev–Trinajstić information content (AvgIpc) is 3.31. The van der Waals surface area contributed by atoms with Gasteiger partial charge in [-0.15, -0.1) is 11.3 Å². The zero-order valence-corrected chi connectivity index (χ0v) is 17.0. The van der Waals surface area contributed by atoms with Crippen molar-refractivity contribution in [2.45, 2.75) is 19.4 Å². The first-order valence-electron chi connectivity index (χ1n) is 9.61. The molecule has 0 aliphatic heterocycles. The van der Waals surface area contributed by atoms with Gasteiger partial charge in [0.05, 0.1) is 17.3 Å². The number of nitrogens with zero attached hydrogens (tertiary/aromatic N) is 1. The molecule has 2 aromatic carbocycles. The molecule has 1 amide bonds. The minimum Gasteiger partial charge on any atom is -0.361 e. The molecule has 0 spiro atoms. The van der Waals surface area contributed by atoms with Crippen molar-refractivity contribution >= 4 is 38.4 Å². The zero-order valence-electron chi connectivity index (χ0n) is 16.2. The van der Waals surface area contributed by atoms with Crippen molar-refractivity contribution in [1.82, 2.24) is 15.3 Å². The third-order valence-electron chi connectivity index (χ3n) is 5.25. The van der Waals surface area contributed by atoms with Crippen LogP contribution in [0.4, 0.5) is 0 Å². The van der Waals surface area contributed by atoms with E-state index in [1.165, 1.54) is 15.6 Å². The second kappa shape index (κ2) is 8.12. The quantitative estimate of drug-likeness (QED) is 0.452. The molecule has 0 fully saturated rings. The fourth-order valence-corrected chi connectivity index (χ4v) is 4.54. The van der Waals surface area contributed by atoms with Crippen molar-refractivity contribution in [3.05, 3.63) is 65.3 Å². The molecule has 2 aromatic heterocycles. The van der Waals surface area contributed by atoms with Crippen LogP contribution in [0.5, 0.6) is 0 Å². The first-order chi connectivity index (χ1) is 13.6. The molecule has 144 valence electrons. The number of hydrogen-bond donors (Lipinski definition) is 3. The van der Waals surface area contributed by atoms with Crippen LogP contribution < -0.4 is 10.2 Å². The standard InChI is InChI=1S/C22H24N4OS/c1-15(22-25-19-9-5-6-10-20(19)28-22)26(2)14-21(27)23-12-11-16-13-24-18-8-4-3-7-17(16)18/h3-10,13,15,24H,11-12,14H2,1-2H3,(H,23,27)/p+1/t15-/m0/s1. The SMILES string of the molecule is C[C@@H](c1nc2ccccc2s1)[NH+](C)CC(=O)NCCc1c[nH]c2ccccc12. The van der Waals surface area contributed by atoms with Crippen LogP contribution in [-0.4, -0.2) is 36.0 Å². The minimum absolute atomic E-state index is 0.0744. The lowest BCUT2D eigenvalue weighted by Crippen LogP contribution is -3.10. The summed E-state index contributed by atoms with van der Waals surface area (Å²) >= 11 is 1.71.